The standard InChI is InChI=1S/C18H11NO9S/c1-26-17(24)5-3-29-15-9-8-7-4(2-6(20)11(21)13(7)28-18(9)25)16(23)27-14(8)12(22)10(15)19-5/h2,5,19-22H,3H2,1H3/t5-/m0/s1. The second-order valence-electron chi connectivity index (χ2n) is 6.44. The quantitative estimate of drug-likeness (QED) is 0.154. The van der Waals surface area contributed by atoms with Crippen LogP contribution in [0.15, 0.2) is 29.4 Å². The third kappa shape index (κ3) is 2.15. The van der Waals surface area contributed by atoms with Gasteiger partial charge in [0.1, 0.15) is 6.04 Å². The Morgan fingerprint density at radius 1 is 1.10 bits per heavy atom. The average Bonchev–Trinajstić information content (AvgIpc) is 2.71. The molecule has 4 aromatic rings. The van der Waals surface area contributed by atoms with Crippen molar-refractivity contribution in [2.75, 3.05) is 18.2 Å². The molecule has 0 bridgehead atoms. The van der Waals surface area contributed by atoms with E-state index in [0.29, 0.717) is 4.90 Å². The highest BCUT2D eigenvalue weighted by Gasteiger charge is 2.34. The van der Waals surface area contributed by atoms with Crippen LogP contribution in [-0.4, -0.2) is 40.2 Å². The van der Waals surface area contributed by atoms with E-state index in [0.717, 1.165) is 17.8 Å². The number of methoxy groups -OCH3 is 1. The van der Waals surface area contributed by atoms with Crippen molar-refractivity contribution in [1.29, 1.82) is 0 Å². The number of aromatic hydroxyl groups is 3. The summed E-state index contributed by atoms with van der Waals surface area (Å²) in [6.07, 6.45) is 0. The van der Waals surface area contributed by atoms with Gasteiger partial charge in [0.2, 0.25) is 5.75 Å². The molecule has 148 valence electrons. The molecule has 0 aliphatic carbocycles. The van der Waals surface area contributed by atoms with Gasteiger partial charge in [0.15, 0.2) is 22.7 Å². The number of benzene rings is 2. The third-order valence-corrected chi connectivity index (χ3v) is 6.08. The number of nitrogens with one attached hydrogen (secondary N) is 1. The van der Waals surface area contributed by atoms with Crippen molar-refractivity contribution in [2.24, 2.45) is 0 Å². The molecule has 0 radical (unpaired) electrons. The normalized spacial score (nSPS) is 16.2. The monoisotopic (exact) mass is 417 g/mol. The number of esters is 1. The van der Waals surface area contributed by atoms with Crippen LogP contribution in [-0.2, 0) is 9.53 Å². The van der Waals surface area contributed by atoms with Crippen LogP contribution >= 0.6 is 11.8 Å². The zero-order valence-electron chi connectivity index (χ0n) is 14.6. The second-order valence-corrected chi connectivity index (χ2v) is 7.47. The van der Waals surface area contributed by atoms with Gasteiger partial charge in [-0.25, -0.2) is 14.4 Å². The van der Waals surface area contributed by atoms with Crippen LogP contribution < -0.4 is 16.6 Å². The fourth-order valence-electron chi connectivity index (χ4n) is 3.59. The summed E-state index contributed by atoms with van der Waals surface area (Å²) in [6.45, 7) is 0. The fraction of sp³-hybridized carbons (Fsp3) is 0.167. The lowest BCUT2D eigenvalue weighted by atomic mass is 10.0. The van der Waals surface area contributed by atoms with Crippen LogP contribution in [0.4, 0.5) is 5.69 Å². The Kier molecular flexibility index (Phi) is 3.44. The highest BCUT2D eigenvalue weighted by Crippen LogP contribution is 2.50. The molecule has 2 aromatic carbocycles. The van der Waals surface area contributed by atoms with Gasteiger partial charge >= 0.3 is 17.2 Å². The molecule has 0 saturated carbocycles. The molecular weight excluding hydrogens is 406 g/mol. The molecular formula is C18H11NO9S. The Bertz CT molecular complexity index is 1470. The number of carbonyl (C=O) groups is 1. The lowest BCUT2D eigenvalue weighted by molar-refractivity contribution is -0.141. The number of thioether (sulfide) groups is 1. The van der Waals surface area contributed by atoms with E-state index < -0.39 is 46.1 Å². The summed E-state index contributed by atoms with van der Waals surface area (Å²) in [7, 11) is 1.22. The topological polar surface area (TPSA) is 159 Å². The summed E-state index contributed by atoms with van der Waals surface area (Å²) >= 11 is 1.12. The van der Waals surface area contributed by atoms with E-state index >= 15 is 0 Å². The Labute approximate surface area is 163 Å². The van der Waals surface area contributed by atoms with Gasteiger partial charge in [0.25, 0.3) is 0 Å². The number of fused-ring (bicyclic) bond motifs is 2. The fourth-order valence-corrected chi connectivity index (χ4v) is 4.77. The maximum Gasteiger partial charge on any atom is 0.345 e. The first-order chi connectivity index (χ1) is 13.8. The molecule has 29 heavy (non-hydrogen) atoms. The van der Waals surface area contributed by atoms with E-state index in [2.05, 4.69) is 5.32 Å². The predicted octanol–water partition coefficient (Wildman–Crippen LogP) is 1.67. The Morgan fingerprint density at radius 2 is 1.79 bits per heavy atom. The van der Waals surface area contributed by atoms with Gasteiger partial charge in [-0.1, -0.05) is 0 Å². The first kappa shape index (κ1) is 17.5. The molecule has 4 N–H and O–H groups in total. The van der Waals surface area contributed by atoms with Crippen molar-refractivity contribution in [3.05, 3.63) is 26.9 Å². The molecule has 0 unspecified atom stereocenters. The predicted molar refractivity (Wildman–Crippen MR) is 102 cm³/mol. The van der Waals surface area contributed by atoms with Gasteiger partial charge in [0, 0.05) is 21.4 Å². The van der Waals surface area contributed by atoms with Crippen LogP contribution in [0.1, 0.15) is 0 Å². The van der Waals surface area contributed by atoms with Crippen molar-refractivity contribution < 1.29 is 33.7 Å². The van der Waals surface area contributed by atoms with E-state index in [9.17, 15) is 29.7 Å². The van der Waals surface area contributed by atoms with Crippen LogP contribution in [0.3, 0.4) is 0 Å². The average molecular weight is 417 g/mol. The van der Waals surface area contributed by atoms with Gasteiger partial charge in [0.05, 0.1) is 23.6 Å². The zero-order valence-corrected chi connectivity index (χ0v) is 15.4. The number of hydrogen-bond acceptors (Lipinski definition) is 11. The summed E-state index contributed by atoms with van der Waals surface area (Å²) < 4.78 is 15.2. The maximum absolute atomic E-state index is 12.8. The largest absolute Gasteiger partial charge is 0.504 e. The maximum atomic E-state index is 12.8. The number of ether oxygens (including phenoxy) is 1. The lowest BCUT2D eigenvalue weighted by Crippen LogP contribution is -2.35. The Morgan fingerprint density at radius 3 is 2.52 bits per heavy atom. The summed E-state index contributed by atoms with van der Waals surface area (Å²) in [5.74, 6) is -2.21. The molecule has 0 spiro atoms. The molecule has 0 fully saturated rings. The number of rotatable bonds is 1. The number of hydrogen-bond donors (Lipinski definition) is 4. The Balaban J connectivity index is 2.00. The van der Waals surface area contributed by atoms with Crippen molar-refractivity contribution in [3.63, 3.8) is 0 Å². The molecule has 3 heterocycles. The van der Waals surface area contributed by atoms with Crippen molar-refractivity contribution >= 4 is 56.1 Å². The van der Waals surface area contributed by atoms with Crippen LogP contribution in [0, 0.1) is 0 Å². The van der Waals surface area contributed by atoms with Gasteiger partial charge in [-0.2, -0.15) is 0 Å². The van der Waals surface area contributed by atoms with Crippen molar-refractivity contribution in [3.8, 4) is 17.2 Å². The van der Waals surface area contributed by atoms with Gasteiger partial charge in [-0.15, -0.1) is 11.8 Å². The van der Waals surface area contributed by atoms with E-state index in [1.165, 1.54) is 7.11 Å². The van der Waals surface area contributed by atoms with Crippen molar-refractivity contribution in [1.82, 2.24) is 0 Å². The summed E-state index contributed by atoms with van der Waals surface area (Å²) in [4.78, 5) is 37.4. The summed E-state index contributed by atoms with van der Waals surface area (Å²) in [5, 5.41) is 33.6. The second kappa shape index (κ2) is 5.70. The molecule has 2 aromatic heterocycles. The minimum Gasteiger partial charge on any atom is -0.504 e. The molecule has 0 amide bonds. The van der Waals surface area contributed by atoms with Crippen molar-refractivity contribution in [2.45, 2.75) is 10.9 Å². The molecule has 1 aliphatic heterocycles. The highest BCUT2D eigenvalue weighted by molar-refractivity contribution is 7.99. The SMILES string of the molecule is COC(=O)[C@@H]1CSc2c(c(O)c3oc(=O)c4cc(O)c(O)c5oc(=O)c2c3c54)N1. The zero-order chi connectivity index (χ0) is 20.6. The highest BCUT2D eigenvalue weighted by atomic mass is 32.2. The molecule has 0 saturated heterocycles. The van der Waals surface area contributed by atoms with Gasteiger partial charge in [-0.3, -0.25) is 0 Å². The smallest absolute Gasteiger partial charge is 0.345 e. The van der Waals surface area contributed by atoms with E-state index in [1.807, 2.05) is 0 Å². The lowest BCUT2D eigenvalue weighted by Gasteiger charge is -2.26. The number of phenols is 3. The van der Waals surface area contributed by atoms with Crippen LogP contribution in [0.25, 0.3) is 32.7 Å². The minimum atomic E-state index is -0.920. The first-order valence-corrected chi connectivity index (χ1v) is 9.25. The van der Waals surface area contributed by atoms with Crippen LogP contribution in [0.5, 0.6) is 17.2 Å². The Hall–Kier alpha value is -3.60. The number of carbonyl (C=O) groups excluding carboxylic acids is 1. The van der Waals surface area contributed by atoms with Gasteiger partial charge < -0.3 is 34.2 Å². The third-order valence-electron chi connectivity index (χ3n) is 4.88. The van der Waals surface area contributed by atoms with E-state index in [1.54, 1.807) is 0 Å². The molecule has 1 aliphatic rings. The summed E-state index contributed by atoms with van der Waals surface area (Å²) in [5.41, 5.74) is -2.46. The number of anilines is 1. The molecule has 10 nitrogen and oxygen atoms in total. The molecule has 11 heteroatoms. The minimum absolute atomic E-state index is 0.0138. The first-order valence-electron chi connectivity index (χ1n) is 8.27. The molecule has 1 atom stereocenters. The molecule has 5 rings (SSSR count). The van der Waals surface area contributed by atoms with E-state index in [-0.39, 0.29) is 38.6 Å². The summed E-state index contributed by atoms with van der Waals surface area (Å²) in [6, 6.07) is 0.203. The number of phenolic OH excluding ortho intramolecular Hbond substituents is 3. The van der Waals surface area contributed by atoms with Gasteiger partial charge in [-0.05, 0) is 6.07 Å². The van der Waals surface area contributed by atoms with Crippen LogP contribution in [0.2, 0.25) is 0 Å². The van der Waals surface area contributed by atoms with E-state index in [4.69, 9.17) is 13.6 Å².